The van der Waals surface area contributed by atoms with Gasteiger partial charge in [0, 0.05) is 17.5 Å². The van der Waals surface area contributed by atoms with Gasteiger partial charge < -0.3 is 10.5 Å². The summed E-state index contributed by atoms with van der Waals surface area (Å²) in [4.78, 5) is 0. The topological polar surface area (TPSA) is 53.1 Å². The zero-order chi connectivity index (χ0) is 8.89. The van der Waals surface area contributed by atoms with Crippen LogP contribution in [0.4, 0.5) is 0 Å². The summed E-state index contributed by atoms with van der Waals surface area (Å²) in [6.07, 6.45) is 4.38. The highest BCUT2D eigenvalue weighted by molar-refractivity contribution is 5.85. The summed E-state index contributed by atoms with van der Waals surface area (Å²) in [5.41, 5.74) is 7.01. The van der Waals surface area contributed by atoms with Crippen molar-refractivity contribution in [3.63, 3.8) is 0 Å². The van der Waals surface area contributed by atoms with E-state index in [0.717, 1.165) is 24.6 Å². The maximum Gasteiger partial charge on any atom is 0.216 e. The van der Waals surface area contributed by atoms with Crippen molar-refractivity contribution in [2.45, 2.75) is 25.9 Å². The Kier molecular flexibility index (Phi) is 2.20. The molecule has 4 nitrogen and oxygen atoms in total. The monoisotopic (exact) mass is 215 g/mol. The molecule has 0 atom stereocenters. The van der Waals surface area contributed by atoms with Crippen LogP contribution in [-0.2, 0) is 13.1 Å². The minimum absolute atomic E-state index is 0. The minimum Gasteiger partial charge on any atom is -0.477 e. The second-order valence-corrected chi connectivity index (χ2v) is 4.13. The van der Waals surface area contributed by atoms with Gasteiger partial charge in [-0.25, -0.2) is 4.68 Å². The van der Waals surface area contributed by atoms with E-state index in [1.54, 1.807) is 0 Å². The molecule has 1 saturated carbocycles. The molecular weight excluding hydrogens is 202 g/mol. The average Bonchev–Trinajstić information content (AvgIpc) is 2.78. The van der Waals surface area contributed by atoms with E-state index >= 15 is 0 Å². The first-order chi connectivity index (χ1) is 6.33. The quantitative estimate of drug-likeness (QED) is 0.759. The molecule has 78 valence electrons. The Hall–Kier alpha value is -0.740. The van der Waals surface area contributed by atoms with Crippen LogP contribution in [0.2, 0.25) is 0 Å². The summed E-state index contributed by atoms with van der Waals surface area (Å²) < 4.78 is 7.64. The summed E-state index contributed by atoms with van der Waals surface area (Å²) in [5.74, 6) is 0.889. The average molecular weight is 216 g/mol. The number of rotatable bonds is 1. The first-order valence-electron chi connectivity index (χ1n) is 4.71. The second-order valence-electron chi connectivity index (χ2n) is 4.13. The van der Waals surface area contributed by atoms with Crippen LogP contribution < -0.4 is 10.5 Å². The molecule has 1 fully saturated rings. The second kappa shape index (κ2) is 3.14. The lowest BCUT2D eigenvalue weighted by atomic mass is 10.1. The van der Waals surface area contributed by atoms with Gasteiger partial charge in [0.25, 0.3) is 0 Å². The third-order valence-electron chi connectivity index (χ3n) is 3.04. The van der Waals surface area contributed by atoms with Crippen molar-refractivity contribution < 1.29 is 4.74 Å². The number of fused-ring (bicyclic) bond motifs is 1. The normalized spacial score (nSPS) is 20.9. The molecule has 1 aliphatic carbocycles. The zero-order valence-electron chi connectivity index (χ0n) is 7.90. The van der Waals surface area contributed by atoms with Crippen LogP contribution in [0.25, 0.3) is 0 Å². The number of hydrogen-bond donors (Lipinski definition) is 1. The number of aromatic nitrogens is 2. The summed E-state index contributed by atoms with van der Waals surface area (Å²) in [6, 6.07) is 0. The van der Waals surface area contributed by atoms with E-state index in [-0.39, 0.29) is 12.4 Å². The fraction of sp³-hybridized carbons (Fsp3) is 0.667. The Bertz CT molecular complexity index is 346. The predicted octanol–water partition coefficient (Wildman–Crippen LogP) is 0.936. The standard InChI is InChI=1S/C9H13N3O.ClH/c10-3-7-4-11-12-5-9(1-2-9)6-13-8(7)12;/h4H,1-3,5-6,10H2;1H. The number of nitrogens with two attached hydrogens (primary N) is 1. The van der Waals surface area contributed by atoms with Gasteiger partial charge in [-0.3, -0.25) is 0 Å². The lowest BCUT2D eigenvalue weighted by Crippen LogP contribution is -2.27. The van der Waals surface area contributed by atoms with Gasteiger partial charge in [-0.1, -0.05) is 0 Å². The van der Waals surface area contributed by atoms with Crippen LogP contribution in [0.5, 0.6) is 5.88 Å². The molecule has 5 heteroatoms. The van der Waals surface area contributed by atoms with Crippen LogP contribution in [0.3, 0.4) is 0 Å². The molecule has 2 aliphatic rings. The van der Waals surface area contributed by atoms with Gasteiger partial charge >= 0.3 is 0 Å². The van der Waals surface area contributed by atoms with Crippen molar-refractivity contribution in [3.8, 4) is 5.88 Å². The van der Waals surface area contributed by atoms with Crippen molar-refractivity contribution >= 4 is 12.4 Å². The molecule has 1 spiro atoms. The fourth-order valence-corrected chi connectivity index (χ4v) is 1.90. The van der Waals surface area contributed by atoms with E-state index in [9.17, 15) is 0 Å². The molecule has 0 saturated heterocycles. The summed E-state index contributed by atoms with van der Waals surface area (Å²) in [5, 5.41) is 4.27. The van der Waals surface area contributed by atoms with Crippen molar-refractivity contribution in [3.05, 3.63) is 11.8 Å². The number of halogens is 1. The fourth-order valence-electron chi connectivity index (χ4n) is 1.90. The zero-order valence-corrected chi connectivity index (χ0v) is 8.72. The van der Waals surface area contributed by atoms with Crippen molar-refractivity contribution in [2.24, 2.45) is 11.1 Å². The Morgan fingerprint density at radius 2 is 2.36 bits per heavy atom. The van der Waals surface area contributed by atoms with Gasteiger partial charge in [-0.05, 0) is 12.8 Å². The Balaban J connectivity index is 0.000000750. The van der Waals surface area contributed by atoms with Crippen LogP contribution in [0.15, 0.2) is 6.20 Å². The largest absolute Gasteiger partial charge is 0.477 e. The predicted molar refractivity (Wildman–Crippen MR) is 54.5 cm³/mol. The van der Waals surface area contributed by atoms with Crippen LogP contribution in [-0.4, -0.2) is 16.4 Å². The van der Waals surface area contributed by atoms with Crippen molar-refractivity contribution in [1.82, 2.24) is 9.78 Å². The van der Waals surface area contributed by atoms with Crippen LogP contribution in [0, 0.1) is 5.41 Å². The Labute approximate surface area is 88.8 Å². The first kappa shape index (κ1) is 9.80. The van der Waals surface area contributed by atoms with Crippen molar-refractivity contribution in [2.75, 3.05) is 6.61 Å². The van der Waals surface area contributed by atoms with Gasteiger partial charge in [-0.2, -0.15) is 5.10 Å². The minimum atomic E-state index is 0. The van der Waals surface area contributed by atoms with E-state index in [1.807, 2.05) is 10.9 Å². The summed E-state index contributed by atoms with van der Waals surface area (Å²) in [6.45, 7) is 2.39. The van der Waals surface area contributed by atoms with E-state index in [0.29, 0.717) is 12.0 Å². The summed E-state index contributed by atoms with van der Waals surface area (Å²) in [7, 11) is 0. The highest BCUT2D eigenvalue weighted by Gasteiger charge is 2.47. The lowest BCUT2D eigenvalue weighted by molar-refractivity contribution is 0.147. The Morgan fingerprint density at radius 1 is 1.57 bits per heavy atom. The molecule has 2 N–H and O–H groups in total. The molecule has 0 radical (unpaired) electrons. The van der Waals surface area contributed by atoms with Crippen molar-refractivity contribution in [1.29, 1.82) is 0 Å². The van der Waals surface area contributed by atoms with Crippen LogP contribution in [0.1, 0.15) is 18.4 Å². The van der Waals surface area contributed by atoms with Crippen LogP contribution >= 0.6 is 12.4 Å². The van der Waals surface area contributed by atoms with E-state index < -0.39 is 0 Å². The number of ether oxygens (including phenoxy) is 1. The molecular formula is C9H14ClN3O. The van der Waals surface area contributed by atoms with E-state index in [4.69, 9.17) is 10.5 Å². The summed E-state index contributed by atoms with van der Waals surface area (Å²) >= 11 is 0. The molecule has 0 aromatic carbocycles. The van der Waals surface area contributed by atoms with E-state index in [1.165, 1.54) is 12.8 Å². The SMILES string of the molecule is Cl.NCc1cnn2c1OCC1(CC1)C2. The maximum absolute atomic E-state index is 5.68. The van der Waals surface area contributed by atoms with E-state index in [2.05, 4.69) is 5.10 Å². The van der Waals surface area contributed by atoms with Gasteiger partial charge in [-0.15, -0.1) is 12.4 Å². The number of hydrogen-bond acceptors (Lipinski definition) is 3. The maximum atomic E-state index is 5.68. The lowest BCUT2D eigenvalue weighted by Gasteiger charge is -2.24. The molecule has 1 aromatic rings. The molecule has 1 aromatic heterocycles. The van der Waals surface area contributed by atoms with Gasteiger partial charge in [0.2, 0.25) is 5.88 Å². The van der Waals surface area contributed by atoms with Gasteiger partial charge in [0.15, 0.2) is 0 Å². The highest BCUT2D eigenvalue weighted by Crippen LogP contribution is 2.50. The third kappa shape index (κ3) is 1.29. The van der Waals surface area contributed by atoms with Gasteiger partial charge in [0.05, 0.1) is 19.3 Å². The molecule has 3 rings (SSSR count). The first-order valence-corrected chi connectivity index (χ1v) is 4.71. The smallest absolute Gasteiger partial charge is 0.216 e. The molecule has 2 heterocycles. The third-order valence-corrected chi connectivity index (χ3v) is 3.04. The molecule has 1 aliphatic heterocycles. The molecule has 0 amide bonds. The van der Waals surface area contributed by atoms with Gasteiger partial charge in [0.1, 0.15) is 0 Å². The number of nitrogens with zero attached hydrogens (tertiary/aromatic N) is 2. The molecule has 0 bridgehead atoms. The molecule has 0 unspecified atom stereocenters. The highest BCUT2D eigenvalue weighted by atomic mass is 35.5. The molecule has 14 heavy (non-hydrogen) atoms. The Morgan fingerprint density at radius 3 is 3.00 bits per heavy atom.